The molecule has 1 saturated carbocycles. The zero-order valence-corrected chi connectivity index (χ0v) is 16.9. The van der Waals surface area contributed by atoms with Gasteiger partial charge in [0.1, 0.15) is 18.2 Å². The molecule has 28 heavy (non-hydrogen) atoms. The zero-order valence-electron chi connectivity index (χ0n) is 16.9. The molecule has 0 aromatic heterocycles. The molecule has 1 aliphatic heterocycles. The van der Waals surface area contributed by atoms with Crippen molar-refractivity contribution >= 4 is 12.1 Å². The largest absolute Gasteiger partial charge is 0.459 e. The van der Waals surface area contributed by atoms with Gasteiger partial charge >= 0.3 is 12.1 Å². The highest BCUT2D eigenvalue weighted by atomic mass is 16.6. The third-order valence-corrected chi connectivity index (χ3v) is 5.17. The molecule has 0 unspecified atom stereocenters. The van der Waals surface area contributed by atoms with Crippen LogP contribution in [0, 0.1) is 5.41 Å². The minimum absolute atomic E-state index is 0.0160. The predicted molar refractivity (Wildman–Crippen MR) is 108 cm³/mol. The summed E-state index contributed by atoms with van der Waals surface area (Å²) >= 11 is 0. The van der Waals surface area contributed by atoms with Crippen molar-refractivity contribution in [2.45, 2.75) is 64.3 Å². The van der Waals surface area contributed by atoms with Crippen molar-refractivity contribution in [2.75, 3.05) is 0 Å². The third-order valence-electron chi connectivity index (χ3n) is 5.17. The number of amides is 1. The van der Waals surface area contributed by atoms with Crippen LogP contribution in [0.5, 0.6) is 0 Å². The molecular formula is C23H29NO4. The lowest BCUT2D eigenvalue weighted by Crippen LogP contribution is -2.46. The topological polar surface area (TPSA) is 55.8 Å². The number of fused-ring (bicyclic) bond motifs is 1. The summed E-state index contributed by atoms with van der Waals surface area (Å²) < 4.78 is 11.1. The van der Waals surface area contributed by atoms with Crippen LogP contribution >= 0.6 is 0 Å². The average molecular weight is 383 g/mol. The van der Waals surface area contributed by atoms with Gasteiger partial charge in [-0.1, -0.05) is 48.6 Å². The van der Waals surface area contributed by atoms with Gasteiger partial charge in [0, 0.05) is 11.5 Å². The summed E-state index contributed by atoms with van der Waals surface area (Å²) in [5.41, 5.74) is 0.147. The molecule has 3 atom stereocenters. The van der Waals surface area contributed by atoms with E-state index in [0.717, 1.165) is 18.4 Å². The highest BCUT2D eigenvalue weighted by Gasteiger charge is 2.67. The smallest absolute Gasteiger partial charge is 0.411 e. The Morgan fingerprint density at radius 2 is 1.96 bits per heavy atom. The highest BCUT2D eigenvalue weighted by Crippen LogP contribution is 2.61. The number of ether oxygens (including phenoxy) is 2. The molecule has 2 aliphatic rings. The summed E-state index contributed by atoms with van der Waals surface area (Å²) in [5.74, 6) is -0.376. The number of hydrogen-bond donors (Lipinski definition) is 0. The lowest BCUT2D eigenvalue weighted by atomic mass is 9.98. The van der Waals surface area contributed by atoms with E-state index in [-0.39, 0.29) is 24.0 Å². The normalized spacial score (nSPS) is 26.0. The van der Waals surface area contributed by atoms with Crippen molar-refractivity contribution in [1.82, 2.24) is 4.90 Å². The van der Waals surface area contributed by atoms with Gasteiger partial charge in [0.05, 0.1) is 0 Å². The van der Waals surface area contributed by atoms with E-state index in [0.29, 0.717) is 6.42 Å². The molecule has 1 aromatic rings. The van der Waals surface area contributed by atoms with E-state index in [1.54, 1.807) is 4.90 Å². The minimum Gasteiger partial charge on any atom is -0.459 e. The first kappa shape index (κ1) is 20.2. The first-order valence-corrected chi connectivity index (χ1v) is 9.76. The number of piperidine rings is 1. The van der Waals surface area contributed by atoms with Gasteiger partial charge in [-0.05, 0) is 45.6 Å². The maximum atomic E-state index is 12.8. The van der Waals surface area contributed by atoms with Crippen molar-refractivity contribution in [2.24, 2.45) is 5.41 Å². The summed E-state index contributed by atoms with van der Waals surface area (Å²) in [6.07, 6.45) is 7.75. The van der Waals surface area contributed by atoms with E-state index in [4.69, 9.17) is 9.47 Å². The number of rotatable bonds is 6. The number of likely N-dealkylation sites (tertiary alicyclic amines) is 1. The third kappa shape index (κ3) is 4.46. The average Bonchev–Trinajstić information content (AvgIpc) is 3.23. The fourth-order valence-corrected chi connectivity index (χ4v) is 3.81. The Bertz CT molecular complexity index is 765. The number of benzene rings is 1. The van der Waals surface area contributed by atoms with Gasteiger partial charge in [-0.15, -0.1) is 6.58 Å². The molecule has 0 bridgehead atoms. The molecule has 0 radical (unpaired) electrons. The van der Waals surface area contributed by atoms with E-state index in [1.165, 1.54) is 0 Å². The summed E-state index contributed by atoms with van der Waals surface area (Å²) in [4.78, 5) is 27.2. The number of hydrogen-bond acceptors (Lipinski definition) is 4. The van der Waals surface area contributed by atoms with E-state index in [2.05, 4.69) is 18.7 Å². The van der Waals surface area contributed by atoms with Crippen LogP contribution in [0.1, 0.15) is 45.6 Å². The molecule has 0 N–H and O–H groups in total. The van der Waals surface area contributed by atoms with Gasteiger partial charge in [0.15, 0.2) is 0 Å². The Labute approximate surface area is 167 Å². The lowest BCUT2D eigenvalue weighted by Gasteiger charge is -2.29. The Morgan fingerprint density at radius 3 is 2.61 bits per heavy atom. The summed E-state index contributed by atoms with van der Waals surface area (Å²) in [7, 11) is 0. The minimum atomic E-state index is -0.620. The first-order valence-electron chi connectivity index (χ1n) is 9.76. The number of carbonyl (C=O) groups is 2. The van der Waals surface area contributed by atoms with Gasteiger partial charge in [0.25, 0.3) is 0 Å². The molecule has 1 aromatic carbocycles. The van der Waals surface area contributed by atoms with E-state index in [9.17, 15) is 9.59 Å². The lowest BCUT2D eigenvalue weighted by molar-refractivity contribution is -0.150. The zero-order chi connectivity index (χ0) is 20.4. The van der Waals surface area contributed by atoms with Gasteiger partial charge in [-0.3, -0.25) is 4.90 Å². The summed E-state index contributed by atoms with van der Waals surface area (Å²) in [5, 5.41) is 0. The summed E-state index contributed by atoms with van der Waals surface area (Å²) in [6.45, 7) is 9.41. The Kier molecular flexibility index (Phi) is 5.64. The van der Waals surface area contributed by atoms with Crippen molar-refractivity contribution in [3.05, 3.63) is 60.7 Å². The molecule has 150 valence electrons. The van der Waals surface area contributed by atoms with Crippen LogP contribution in [0.2, 0.25) is 0 Å². The SMILES string of the molecule is C=CC/C=C\[C@@]12C[C@@H](C(=O)OCc3ccccc3)N(C(=O)OC(C)(C)C)[C@@H]1C2. The van der Waals surface area contributed by atoms with Crippen LogP contribution in [-0.4, -0.2) is 34.6 Å². The summed E-state index contributed by atoms with van der Waals surface area (Å²) in [6, 6.07) is 8.90. The molecule has 1 saturated heterocycles. The quantitative estimate of drug-likeness (QED) is 0.531. The monoisotopic (exact) mass is 383 g/mol. The van der Waals surface area contributed by atoms with E-state index in [1.807, 2.05) is 57.2 Å². The van der Waals surface area contributed by atoms with Crippen LogP contribution in [0.3, 0.4) is 0 Å². The molecule has 3 rings (SSSR count). The van der Waals surface area contributed by atoms with E-state index >= 15 is 0 Å². The number of carbonyl (C=O) groups excluding carboxylic acids is 2. The second-order valence-corrected chi connectivity index (χ2v) is 8.58. The van der Waals surface area contributed by atoms with Crippen LogP contribution < -0.4 is 0 Å². The van der Waals surface area contributed by atoms with E-state index < -0.39 is 17.7 Å². The number of esters is 1. The Hall–Kier alpha value is -2.56. The second-order valence-electron chi connectivity index (χ2n) is 8.58. The van der Waals surface area contributed by atoms with Crippen LogP contribution in [0.25, 0.3) is 0 Å². The number of allylic oxidation sites excluding steroid dienone is 2. The van der Waals surface area contributed by atoms with Crippen molar-refractivity contribution in [1.29, 1.82) is 0 Å². The molecule has 5 nitrogen and oxygen atoms in total. The number of nitrogens with zero attached hydrogens (tertiary/aromatic N) is 1. The predicted octanol–water partition coefficient (Wildman–Crippen LogP) is 4.63. The van der Waals surface area contributed by atoms with Gasteiger partial charge < -0.3 is 9.47 Å². The van der Waals surface area contributed by atoms with Crippen molar-refractivity contribution in [3.8, 4) is 0 Å². The van der Waals surface area contributed by atoms with Crippen LogP contribution in [-0.2, 0) is 20.9 Å². The molecular weight excluding hydrogens is 354 g/mol. The maximum Gasteiger partial charge on any atom is 0.411 e. The van der Waals surface area contributed by atoms with Gasteiger partial charge in [-0.2, -0.15) is 0 Å². The Balaban J connectivity index is 1.73. The Morgan fingerprint density at radius 1 is 1.25 bits per heavy atom. The van der Waals surface area contributed by atoms with Crippen molar-refractivity contribution in [3.63, 3.8) is 0 Å². The maximum absolute atomic E-state index is 12.8. The van der Waals surface area contributed by atoms with Crippen LogP contribution in [0.15, 0.2) is 55.1 Å². The fraction of sp³-hybridized carbons (Fsp3) is 0.478. The van der Waals surface area contributed by atoms with Crippen LogP contribution in [0.4, 0.5) is 4.79 Å². The van der Waals surface area contributed by atoms with Gasteiger partial charge in [-0.25, -0.2) is 9.59 Å². The molecule has 1 heterocycles. The van der Waals surface area contributed by atoms with Gasteiger partial charge in [0.2, 0.25) is 0 Å². The standard InChI is InChI=1S/C23H29NO4/c1-5-6-10-13-23-14-18(20(25)27-16-17-11-8-7-9-12-17)24(19(23)15-23)21(26)28-22(2,3)4/h5,7-13,18-19H,1,6,14-16H2,2-4H3/b13-10-/t18-,19+,23-/m0/s1. The van der Waals surface area contributed by atoms with Crippen molar-refractivity contribution < 1.29 is 19.1 Å². The second kappa shape index (κ2) is 7.82. The molecule has 5 heteroatoms. The molecule has 0 spiro atoms. The fourth-order valence-electron chi connectivity index (χ4n) is 3.81. The molecule has 1 amide bonds. The molecule has 1 aliphatic carbocycles. The first-order chi connectivity index (χ1) is 13.3. The molecule has 2 fully saturated rings. The highest BCUT2D eigenvalue weighted by molar-refractivity contribution is 5.84.